The van der Waals surface area contributed by atoms with Crippen molar-refractivity contribution in [2.45, 2.75) is 12.2 Å². The lowest BCUT2D eigenvalue weighted by Gasteiger charge is -1.98. The van der Waals surface area contributed by atoms with Crippen molar-refractivity contribution in [3.8, 4) is 0 Å². The molecule has 0 aliphatic rings. The number of esters is 1. The van der Waals surface area contributed by atoms with Crippen molar-refractivity contribution in [2.75, 3.05) is 12.9 Å². The summed E-state index contributed by atoms with van der Waals surface area (Å²) in [6.45, 7) is 0. The first kappa shape index (κ1) is 12.1. The molecule has 1 heterocycles. The van der Waals surface area contributed by atoms with Crippen LogP contribution in [0.25, 0.3) is 0 Å². The van der Waals surface area contributed by atoms with Crippen LogP contribution in [-0.2, 0) is 15.3 Å². The van der Waals surface area contributed by atoms with Crippen molar-refractivity contribution in [1.82, 2.24) is 0 Å². The van der Waals surface area contributed by atoms with Gasteiger partial charge in [0.1, 0.15) is 0 Å². The zero-order valence-electron chi connectivity index (χ0n) is 7.79. The zero-order chi connectivity index (χ0) is 10.4. The molecule has 5 heteroatoms. The number of hydrogen-bond acceptors (Lipinski definition) is 4. The van der Waals surface area contributed by atoms with Crippen molar-refractivity contribution in [3.63, 3.8) is 0 Å². The summed E-state index contributed by atoms with van der Waals surface area (Å²) < 4.78 is 5.68. The third-order valence-electron chi connectivity index (χ3n) is 1.54. The molecule has 0 aliphatic heterocycles. The normalized spacial score (nSPS) is 10.1. The molecule has 0 aliphatic carbocycles. The van der Waals surface area contributed by atoms with E-state index in [0.717, 1.165) is 16.0 Å². The van der Waals surface area contributed by atoms with Gasteiger partial charge >= 0.3 is 5.97 Å². The Hall–Kier alpha value is -0.0000000000000000833. The van der Waals surface area contributed by atoms with Gasteiger partial charge in [0.25, 0.3) is 0 Å². The second-order valence-corrected chi connectivity index (χ2v) is 5.63. The Labute approximate surface area is 100 Å². The summed E-state index contributed by atoms with van der Waals surface area (Å²) in [5.41, 5.74) is 0. The van der Waals surface area contributed by atoms with Crippen molar-refractivity contribution < 1.29 is 9.53 Å². The summed E-state index contributed by atoms with van der Waals surface area (Å²) in [4.78, 5) is 12.1. The number of ether oxygens (including phenoxy) is 1. The number of rotatable bonds is 5. The molecule has 0 spiro atoms. The third-order valence-corrected chi connectivity index (χ3v) is 4.43. The topological polar surface area (TPSA) is 26.3 Å². The molecule has 0 aromatic carbocycles. The van der Waals surface area contributed by atoms with Crippen LogP contribution in [0.1, 0.15) is 11.3 Å². The lowest BCUT2D eigenvalue weighted by molar-refractivity contribution is -0.140. The van der Waals surface area contributed by atoms with Gasteiger partial charge in [-0.05, 0) is 22.0 Å². The molecule has 14 heavy (non-hydrogen) atoms. The fraction of sp³-hybridized carbons (Fsp3) is 0.444. The van der Waals surface area contributed by atoms with E-state index in [-0.39, 0.29) is 5.97 Å². The molecule has 0 bridgehead atoms. The van der Waals surface area contributed by atoms with E-state index in [1.165, 1.54) is 12.0 Å². The maximum absolute atomic E-state index is 10.8. The third kappa shape index (κ3) is 4.48. The van der Waals surface area contributed by atoms with Crippen LogP contribution in [0.2, 0.25) is 0 Å². The minimum absolute atomic E-state index is 0.134. The summed E-state index contributed by atoms with van der Waals surface area (Å²) in [6, 6.07) is 2.11. The molecule has 0 N–H and O–H groups in total. The fourth-order valence-corrected chi connectivity index (χ4v) is 3.36. The Morgan fingerprint density at radius 1 is 1.71 bits per heavy atom. The Morgan fingerprint density at radius 3 is 3.07 bits per heavy atom. The highest BCUT2D eigenvalue weighted by atomic mass is 79.9. The highest BCUT2D eigenvalue weighted by molar-refractivity contribution is 9.10. The van der Waals surface area contributed by atoms with Crippen molar-refractivity contribution in [1.29, 1.82) is 0 Å². The maximum Gasteiger partial charge on any atom is 0.306 e. The van der Waals surface area contributed by atoms with E-state index in [1.807, 2.05) is 0 Å². The van der Waals surface area contributed by atoms with Gasteiger partial charge in [-0.1, -0.05) is 0 Å². The van der Waals surface area contributed by atoms with E-state index in [4.69, 9.17) is 0 Å². The van der Waals surface area contributed by atoms with E-state index >= 15 is 0 Å². The number of hydrogen-bond donors (Lipinski definition) is 0. The summed E-state index contributed by atoms with van der Waals surface area (Å²) in [5, 5.41) is 2.07. The largest absolute Gasteiger partial charge is 0.469 e. The Balaban J connectivity index is 2.13. The van der Waals surface area contributed by atoms with Gasteiger partial charge in [-0.25, -0.2) is 0 Å². The van der Waals surface area contributed by atoms with Gasteiger partial charge in [-0.3, -0.25) is 4.79 Å². The number of methoxy groups -OCH3 is 1. The molecule has 0 saturated heterocycles. The predicted octanol–water partition coefficient (Wildman–Crippen LogP) is 3.31. The molecule has 0 saturated carbocycles. The molecule has 1 aromatic heterocycles. The summed E-state index contributed by atoms with van der Waals surface area (Å²) >= 11 is 6.88. The minimum atomic E-state index is -0.134. The van der Waals surface area contributed by atoms with Gasteiger partial charge in [0.05, 0.1) is 13.5 Å². The second-order valence-electron chi connectivity index (χ2n) is 2.61. The van der Waals surface area contributed by atoms with Crippen LogP contribution in [0, 0.1) is 0 Å². The van der Waals surface area contributed by atoms with Gasteiger partial charge in [-0.2, -0.15) is 11.8 Å². The Morgan fingerprint density at radius 2 is 2.50 bits per heavy atom. The molecule has 0 fully saturated rings. The first-order chi connectivity index (χ1) is 6.72. The molecular formula is C9H11BrO2S2. The van der Waals surface area contributed by atoms with Crippen LogP contribution in [0.5, 0.6) is 0 Å². The van der Waals surface area contributed by atoms with E-state index in [2.05, 4.69) is 32.1 Å². The van der Waals surface area contributed by atoms with Crippen LogP contribution in [-0.4, -0.2) is 18.8 Å². The molecule has 1 aromatic rings. The second kappa shape index (κ2) is 6.48. The van der Waals surface area contributed by atoms with Gasteiger partial charge in [0.2, 0.25) is 0 Å². The SMILES string of the molecule is COC(=O)CCSCc1cc(Br)cs1. The molecule has 78 valence electrons. The standard InChI is InChI=1S/C9H11BrO2S2/c1-12-9(11)2-3-13-6-8-4-7(10)5-14-8/h4-5H,2-3,6H2,1H3. The molecule has 0 amide bonds. The van der Waals surface area contributed by atoms with Gasteiger partial charge < -0.3 is 4.74 Å². The molecule has 0 radical (unpaired) electrons. The lowest BCUT2D eigenvalue weighted by Crippen LogP contribution is -2.00. The molecule has 0 atom stereocenters. The molecular weight excluding hydrogens is 284 g/mol. The van der Waals surface area contributed by atoms with Crippen molar-refractivity contribution in [3.05, 3.63) is 20.8 Å². The lowest BCUT2D eigenvalue weighted by atomic mass is 10.5. The molecule has 0 unspecified atom stereocenters. The van der Waals surface area contributed by atoms with E-state index in [0.29, 0.717) is 6.42 Å². The van der Waals surface area contributed by atoms with E-state index in [9.17, 15) is 4.79 Å². The quantitative estimate of drug-likeness (QED) is 0.616. The number of carbonyl (C=O) groups is 1. The van der Waals surface area contributed by atoms with Crippen LogP contribution >= 0.6 is 39.0 Å². The van der Waals surface area contributed by atoms with Gasteiger partial charge in [0, 0.05) is 26.2 Å². The van der Waals surface area contributed by atoms with E-state index < -0.39 is 0 Å². The minimum Gasteiger partial charge on any atom is -0.469 e. The smallest absolute Gasteiger partial charge is 0.306 e. The van der Waals surface area contributed by atoms with Crippen molar-refractivity contribution >= 4 is 45.0 Å². The van der Waals surface area contributed by atoms with Crippen LogP contribution in [0.3, 0.4) is 0 Å². The van der Waals surface area contributed by atoms with Gasteiger partial charge in [0.15, 0.2) is 0 Å². The highest BCUT2D eigenvalue weighted by Crippen LogP contribution is 2.23. The van der Waals surface area contributed by atoms with Gasteiger partial charge in [-0.15, -0.1) is 11.3 Å². The maximum atomic E-state index is 10.8. The summed E-state index contributed by atoms with van der Waals surface area (Å²) in [7, 11) is 1.42. The number of carbonyl (C=O) groups excluding carboxylic acids is 1. The summed E-state index contributed by atoms with van der Waals surface area (Å²) in [6.07, 6.45) is 0.494. The number of halogens is 1. The number of thiophene rings is 1. The monoisotopic (exact) mass is 294 g/mol. The first-order valence-corrected chi connectivity index (χ1v) is 6.92. The Bertz CT molecular complexity index is 299. The zero-order valence-corrected chi connectivity index (χ0v) is 11.0. The molecule has 1 rings (SSSR count). The van der Waals surface area contributed by atoms with E-state index in [1.54, 1.807) is 23.1 Å². The number of thioether (sulfide) groups is 1. The summed E-state index contributed by atoms with van der Waals surface area (Å²) in [5.74, 6) is 1.65. The van der Waals surface area contributed by atoms with Crippen molar-refractivity contribution in [2.24, 2.45) is 0 Å². The molecule has 2 nitrogen and oxygen atoms in total. The average Bonchev–Trinajstić information content (AvgIpc) is 2.58. The van der Waals surface area contributed by atoms with Crippen LogP contribution < -0.4 is 0 Å². The average molecular weight is 295 g/mol. The van der Waals surface area contributed by atoms with Crippen LogP contribution in [0.15, 0.2) is 15.9 Å². The highest BCUT2D eigenvalue weighted by Gasteiger charge is 2.01. The van der Waals surface area contributed by atoms with Crippen LogP contribution in [0.4, 0.5) is 0 Å². The fourth-order valence-electron chi connectivity index (χ4n) is 0.860. The Kier molecular flexibility index (Phi) is 5.59. The first-order valence-electron chi connectivity index (χ1n) is 4.10. The predicted molar refractivity (Wildman–Crippen MR) is 64.8 cm³/mol.